The van der Waals surface area contributed by atoms with Crippen LogP contribution in [0.15, 0.2) is 18.2 Å². The van der Waals surface area contributed by atoms with Gasteiger partial charge in [-0.2, -0.15) is 0 Å². The van der Waals surface area contributed by atoms with Crippen molar-refractivity contribution in [1.82, 2.24) is 4.98 Å². The molecule has 0 unspecified atom stereocenters. The van der Waals surface area contributed by atoms with Crippen molar-refractivity contribution in [1.29, 1.82) is 0 Å². The fraction of sp³-hybridized carbons (Fsp3) is 0.167. The average Bonchev–Trinajstić information content (AvgIpc) is 2.71. The summed E-state index contributed by atoms with van der Waals surface area (Å²) < 4.78 is 18.4. The number of nitrogens with zero attached hydrogens (tertiary/aromatic N) is 1. The van der Waals surface area contributed by atoms with Gasteiger partial charge in [0.1, 0.15) is 16.4 Å². The molecule has 94 valence electrons. The van der Waals surface area contributed by atoms with Crippen LogP contribution in [0.4, 0.5) is 4.39 Å². The van der Waals surface area contributed by atoms with E-state index in [1.807, 2.05) is 0 Å². The van der Waals surface area contributed by atoms with Gasteiger partial charge in [-0.1, -0.05) is 0 Å². The first-order chi connectivity index (χ1) is 8.52. The number of carbonyl (C=O) groups is 1. The number of hydrogen-bond acceptors (Lipinski definition) is 4. The van der Waals surface area contributed by atoms with Crippen molar-refractivity contribution in [3.63, 3.8) is 0 Å². The van der Waals surface area contributed by atoms with Gasteiger partial charge >= 0.3 is 5.97 Å². The minimum absolute atomic E-state index is 0.0800. The predicted molar refractivity (Wildman–Crippen MR) is 65.8 cm³/mol. The lowest BCUT2D eigenvalue weighted by Gasteiger charge is -2.07. The lowest BCUT2D eigenvalue weighted by Crippen LogP contribution is -1.97. The van der Waals surface area contributed by atoms with Crippen LogP contribution < -0.4 is 4.74 Å². The van der Waals surface area contributed by atoms with Gasteiger partial charge in [0.15, 0.2) is 0 Å². The third-order valence-electron chi connectivity index (χ3n) is 2.34. The Hall–Kier alpha value is -1.95. The number of halogens is 1. The van der Waals surface area contributed by atoms with Crippen molar-refractivity contribution in [3.05, 3.63) is 33.9 Å². The van der Waals surface area contributed by atoms with E-state index < -0.39 is 11.8 Å². The molecule has 1 heterocycles. The fourth-order valence-electron chi connectivity index (χ4n) is 1.62. The number of methoxy groups -OCH3 is 1. The smallest absolute Gasteiger partial charge is 0.348 e. The minimum Gasteiger partial charge on any atom is -0.496 e. The zero-order valence-corrected chi connectivity index (χ0v) is 10.5. The van der Waals surface area contributed by atoms with Crippen LogP contribution in [0.25, 0.3) is 11.3 Å². The number of rotatable bonds is 3. The molecule has 0 bridgehead atoms. The highest BCUT2D eigenvalue weighted by molar-refractivity contribution is 7.14. The van der Waals surface area contributed by atoms with Crippen molar-refractivity contribution < 1.29 is 19.0 Å². The van der Waals surface area contributed by atoms with Crippen LogP contribution in [0.3, 0.4) is 0 Å². The van der Waals surface area contributed by atoms with E-state index in [1.165, 1.54) is 25.3 Å². The van der Waals surface area contributed by atoms with Crippen LogP contribution in [0, 0.1) is 12.7 Å². The van der Waals surface area contributed by atoms with E-state index in [1.54, 1.807) is 6.92 Å². The molecule has 0 fully saturated rings. The third kappa shape index (κ3) is 2.19. The lowest BCUT2D eigenvalue weighted by molar-refractivity contribution is 0.0702. The van der Waals surface area contributed by atoms with E-state index in [9.17, 15) is 9.18 Å². The van der Waals surface area contributed by atoms with Gasteiger partial charge in [-0.15, -0.1) is 11.3 Å². The molecule has 2 rings (SSSR count). The Balaban J connectivity index is 2.68. The summed E-state index contributed by atoms with van der Waals surface area (Å²) in [5, 5.41) is 9.71. The number of aryl methyl sites for hydroxylation is 1. The zero-order valence-electron chi connectivity index (χ0n) is 9.73. The van der Waals surface area contributed by atoms with Gasteiger partial charge in [0.25, 0.3) is 0 Å². The molecule has 0 radical (unpaired) electrons. The number of aromatic nitrogens is 1. The minimum atomic E-state index is -1.08. The van der Waals surface area contributed by atoms with Gasteiger partial charge in [-0.3, -0.25) is 0 Å². The number of hydrogen-bond donors (Lipinski definition) is 1. The Morgan fingerprint density at radius 2 is 2.22 bits per heavy atom. The molecule has 6 heteroatoms. The molecule has 1 aromatic heterocycles. The number of benzene rings is 1. The van der Waals surface area contributed by atoms with Crippen LogP contribution in [0.5, 0.6) is 5.75 Å². The molecule has 0 aliphatic heterocycles. The van der Waals surface area contributed by atoms with E-state index in [4.69, 9.17) is 9.84 Å². The number of carboxylic acids is 1. The SMILES string of the molecule is COc1ccc(F)cc1-c1nc(C)sc1C(=O)O. The molecule has 0 spiro atoms. The van der Waals surface area contributed by atoms with Gasteiger partial charge in [-0.25, -0.2) is 14.2 Å². The highest BCUT2D eigenvalue weighted by Crippen LogP contribution is 2.34. The van der Waals surface area contributed by atoms with Crippen molar-refractivity contribution in [3.8, 4) is 17.0 Å². The van der Waals surface area contributed by atoms with Gasteiger partial charge in [-0.05, 0) is 25.1 Å². The van der Waals surface area contributed by atoms with E-state index in [2.05, 4.69) is 4.98 Å². The van der Waals surface area contributed by atoms with Crippen molar-refractivity contribution in [2.75, 3.05) is 7.11 Å². The summed E-state index contributed by atoms with van der Waals surface area (Å²) in [6, 6.07) is 3.92. The second-order valence-corrected chi connectivity index (χ2v) is 4.76. The molecule has 0 atom stereocenters. The first-order valence-electron chi connectivity index (χ1n) is 5.07. The maximum absolute atomic E-state index is 13.3. The highest BCUT2D eigenvalue weighted by atomic mass is 32.1. The van der Waals surface area contributed by atoms with E-state index >= 15 is 0 Å². The van der Waals surface area contributed by atoms with E-state index in [0.717, 1.165) is 11.3 Å². The average molecular weight is 267 g/mol. The molecule has 18 heavy (non-hydrogen) atoms. The van der Waals surface area contributed by atoms with Crippen molar-refractivity contribution in [2.24, 2.45) is 0 Å². The molecule has 1 aromatic carbocycles. The van der Waals surface area contributed by atoms with Crippen LogP contribution in [-0.4, -0.2) is 23.2 Å². The Morgan fingerprint density at radius 1 is 1.50 bits per heavy atom. The molecule has 1 N–H and O–H groups in total. The highest BCUT2D eigenvalue weighted by Gasteiger charge is 2.20. The molecule has 0 saturated carbocycles. The van der Waals surface area contributed by atoms with Crippen LogP contribution in [-0.2, 0) is 0 Å². The molecule has 0 amide bonds. The molecular weight excluding hydrogens is 257 g/mol. The molecule has 0 saturated heterocycles. The Labute approximate surface area is 107 Å². The lowest BCUT2D eigenvalue weighted by atomic mass is 10.1. The Kier molecular flexibility index (Phi) is 3.29. The molecule has 4 nitrogen and oxygen atoms in total. The number of carboxylic acid groups (broad SMARTS) is 1. The predicted octanol–water partition coefficient (Wildman–Crippen LogP) is 2.96. The van der Waals surface area contributed by atoms with Crippen LogP contribution >= 0.6 is 11.3 Å². The van der Waals surface area contributed by atoms with Gasteiger partial charge in [0.2, 0.25) is 0 Å². The molecule has 0 aliphatic rings. The summed E-state index contributed by atoms with van der Waals surface area (Å²) in [5.41, 5.74) is 0.584. The van der Waals surface area contributed by atoms with Crippen LogP contribution in [0.1, 0.15) is 14.7 Å². The van der Waals surface area contributed by atoms with Crippen LogP contribution in [0.2, 0.25) is 0 Å². The summed E-state index contributed by atoms with van der Waals surface area (Å²) in [4.78, 5) is 15.4. The van der Waals surface area contributed by atoms with Crippen molar-refractivity contribution in [2.45, 2.75) is 6.92 Å². The topological polar surface area (TPSA) is 59.4 Å². The molecule has 2 aromatic rings. The first kappa shape index (κ1) is 12.5. The monoisotopic (exact) mass is 267 g/mol. The summed E-state index contributed by atoms with van der Waals surface area (Å²) >= 11 is 1.05. The molecule has 0 aliphatic carbocycles. The van der Waals surface area contributed by atoms with Gasteiger partial charge in [0.05, 0.1) is 17.8 Å². The first-order valence-corrected chi connectivity index (χ1v) is 5.89. The van der Waals surface area contributed by atoms with E-state index in [0.29, 0.717) is 16.3 Å². The quantitative estimate of drug-likeness (QED) is 0.928. The summed E-state index contributed by atoms with van der Waals surface area (Å²) in [5.74, 6) is -1.15. The largest absolute Gasteiger partial charge is 0.496 e. The number of thiazole rings is 1. The normalized spacial score (nSPS) is 10.4. The second kappa shape index (κ2) is 4.73. The Morgan fingerprint density at radius 3 is 2.83 bits per heavy atom. The van der Waals surface area contributed by atoms with Crippen molar-refractivity contribution >= 4 is 17.3 Å². The number of aromatic carboxylic acids is 1. The van der Waals surface area contributed by atoms with Gasteiger partial charge < -0.3 is 9.84 Å². The maximum Gasteiger partial charge on any atom is 0.348 e. The van der Waals surface area contributed by atoms with Gasteiger partial charge in [0, 0.05) is 5.56 Å². The zero-order chi connectivity index (χ0) is 13.3. The summed E-state index contributed by atoms with van der Waals surface area (Å²) in [6.45, 7) is 1.70. The standard InChI is InChI=1S/C12H10FNO3S/c1-6-14-10(11(18-6)12(15)16)8-5-7(13)3-4-9(8)17-2/h3-5H,1-2H3,(H,15,16). The molecular formula is C12H10FNO3S. The fourth-order valence-corrected chi connectivity index (χ4v) is 2.39. The third-order valence-corrected chi connectivity index (χ3v) is 3.30. The maximum atomic E-state index is 13.3. The van der Waals surface area contributed by atoms with E-state index in [-0.39, 0.29) is 10.6 Å². The second-order valence-electron chi connectivity index (χ2n) is 3.56. The summed E-state index contributed by atoms with van der Waals surface area (Å²) in [7, 11) is 1.44. The summed E-state index contributed by atoms with van der Waals surface area (Å²) in [6.07, 6.45) is 0. The number of ether oxygens (including phenoxy) is 1. The Bertz CT molecular complexity index is 609.